The van der Waals surface area contributed by atoms with Crippen LogP contribution in [0, 0.1) is 0 Å². The molecule has 1 heterocycles. The van der Waals surface area contributed by atoms with E-state index in [0.717, 1.165) is 13.0 Å². The van der Waals surface area contributed by atoms with Crippen LogP contribution in [0.1, 0.15) is 32.8 Å². The van der Waals surface area contributed by atoms with Crippen LogP contribution in [0.5, 0.6) is 0 Å². The van der Waals surface area contributed by atoms with Crippen LogP contribution >= 0.6 is 0 Å². The summed E-state index contributed by atoms with van der Waals surface area (Å²) in [5.41, 5.74) is 1.38. The zero-order valence-electron chi connectivity index (χ0n) is 11.0. The summed E-state index contributed by atoms with van der Waals surface area (Å²) >= 11 is 0. The van der Waals surface area contributed by atoms with E-state index in [1.165, 1.54) is 5.56 Å². The van der Waals surface area contributed by atoms with Crippen molar-refractivity contribution >= 4 is 0 Å². The summed E-state index contributed by atoms with van der Waals surface area (Å²) in [6.45, 7) is 7.75. The van der Waals surface area contributed by atoms with E-state index in [-0.39, 0.29) is 0 Å². The van der Waals surface area contributed by atoms with Crippen LogP contribution in [-0.4, -0.2) is 22.0 Å². The van der Waals surface area contributed by atoms with Crippen molar-refractivity contribution in [2.45, 2.75) is 45.9 Å². The first-order valence-electron chi connectivity index (χ1n) is 6.47. The lowest BCUT2D eigenvalue weighted by Crippen LogP contribution is -2.41. The summed E-state index contributed by atoms with van der Waals surface area (Å²) in [5, 5.41) is 0. The highest BCUT2D eigenvalue weighted by Crippen LogP contribution is 2.23. The van der Waals surface area contributed by atoms with Gasteiger partial charge in [-0.3, -0.25) is 0 Å². The van der Waals surface area contributed by atoms with Crippen LogP contribution < -0.4 is 0 Å². The summed E-state index contributed by atoms with van der Waals surface area (Å²) in [5.74, 6) is 0. The molecule has 1 unspecified atom stereocenters. The Labute approximate surface area is 105 Å². The number of hydrogen-bond donors (Lipinski definition) is 0. The van der Waals surface area contributed by atoms with Gasteiger partial charge in [0.15, 0.2) is 0 Å². The fourth-order valence-corrected chi connectivity index (χ4v) is 2.45. The maximum atomic E-state index is 2.43. The molecule has 0 spiro atoms. The van der Waals surface area contributed by atoms with E-state index in [4.69, 9.17) is 0 Å². The standard InChI is InChI=1S/C15H22N2/c1-4-15-16(10-11-17(15)13(2)3)12-14-8-6-5-7-9-14/h5-11,13,15H,4,12H2,1-3H3. The van der Waals surface area contributed by atoms with Gasteiger partial charge in [0.05, 0.1) is 0 Å². The number of nitrogens with zero attached hydrogens (tertiary/aromatic N) is 2. The van der Waals surface area contributed by atoms with Gasteiger partial charge in [0, 0.05) is 25.0 Å². The molecule has 0 aliphatic carbocycles. The Morgan fingerprint density at radius 1 is 1.12 bits per heavy atom. The molecule has 0 radical (unpaired) electrons. The maximum absolute atomic E-state index is 2.43. The second-order valence-electron chi connectivity index (χ2n) is 4.89. The topological polar surface area (TPSA) is 6.48 Å². The Kier molecular flexibility index (Phi) is 3.72. The maximum Gasteiger partial charge on any atom is 0.101 e. The normalized spacial score (nSPS) is 19.4. The molecule has 2 rings (SSSR count). The lowest BCUT2D eigenvalue weighted by atomic mass is 10.2. The van der Waals surface area contributed by atoms with Gasteiger partial charge in [0.1, 0.15) is 6.17 Å². The Balaban J connectivity index is 2.05. The van der Waals surface area contributed by atoms with Gasteiger partial charge in [-0.1, -0.05) is 37.3 Å². The molecule has 1 aliphatic rings. The van der Waals surface area contributed by atoms with Crippen molar-refractivity contribution in [3.05, 3.63) is 48.3 Å². The van der Waals surface area contributed by atoms with E-state index >= 15 is 0 Å². The van der Waals surface area contributed by atoms with Crippen molar-refractivity contribution < 1.29 is 0 Å². The summed E-state index contributed by atoms with van der Waals surface area (Å²) in [6, 6.07) is 11.2. The van der Waals surface area contributed by atoms with Crippen LogP contribution in [0.2, 0.25) is 0 Å². The number of hydrogen-bond acceptors (Lipinski definition) is 2. The Morgan fingerprint density at radius 2 is 1.82 bits per heavy atom. The predicted molar refractivity (Wildman–Crippen MR) is 72.2 cm³/mol. The Morgan fingerprint density at radius 3 is 2.41 bits per heavy atom. The molecule has 2 nitrogen and oxygen atoms in total. The van der Waals surface area contributed by atoms with Gasteiger partial charge in [0.2, 0.25) is 0 Å². The van der Waals surface area contributed by atoms with Gasteiger partial charge in [0.25, 0.3) is 0 Å². The predicted octanol–water partition coefficient (Wildman–Crippen LogP) is 3.42. The van der Waals surface area contributed by atoms with Crippen LogP contribution in [0.4, 0.5) is 0 Å². The van der Waals surface area contributed by atoms with E-state index in [1.807, 2.05) is 0 Å². The van der Waals surface area contributed by atoms with E-state index in [9.17, 15) is 0 Å². The quantitative estimate of drug-likeness (QED) is 0.782. The summed E-state index contributed by atoms with van der Waals surface area (Å²) in [7, 11) is 0. The van der Waals surface area contributed by atoms with E-state index in [1.54, 1.807) is 0 Å². The smallest absolute Gasteiger partial charge is 0.101 e. The molecule has 0 bridgehead atoms. The number of rotatable bonds is 4. The SMILES string of the molecule is CCC1N(Cc2ccccc2)C=CN1C(C)C. The molecule has 0 N–H and O–H groups in total. The minimum atomic E-state index is 0.509. The van der Waals surface area contributed by atoms with Crippen LogP contribution in [0.3, 0.4) is 0 Å². The molecule has 1 atom stereocenters. The van der Waals surface area contributed by atoms with Gasteiger partial charge in [-0.2, -0.15) is 0 Å². The highest BCUT2D eigenvalue weighted by atomic mass is 15.4. The monoisotopic (exact) mass is 230 g/mol. The first-order chi connectivity index (χ1) is 8.22. The van der Waals surface area contributed by atoms with Crippen molar-refractivity contribution in [3.63, 3.8) is 0 Å². The number of benzene rings is 1. The zero-order valence-corrected chi connectivity index (χ0v) is 11.0. The third-order valence-electron chi connectivity index (χ3n) is 3.33. The molecule has 2 heteroatoms. The van der Waals surface area contributed by atoms with E-state index in [0.29, 0.717) is 12.2 Å². The van der Waals surface area contributed by atoms with E-state index < -0.39 is 0 Å². The summed E-state index contributed by atoms with van der Waals surface area (Å²) in [6.07, 6.45) is 6.11. The van der Waals surface area contributed by atoms with Crippen molar-refractivity contribution in [2.24, 2.45) is 0 Å². The fourth-order valence-electron chi connectivity index (χ4n) is 2.45. The highest BCUT2D eigenvalue weighted by Gasteiger charge is 2.25. The molecule has 0 saturated carbocycles. The molecular weight excluding hydrogens is 208 g/mol. The average Bonchev–Trinajstić information content (AvgIpc) is 2.73. The van der Waals surface area contributed by atoms with Crippen LogP contribution in [0.15, 0.2) is 42.7 Å². The minimum absolute atomic E-state index is 0.509. The van der Waals surface area contributed by atoms with Crippen LogP contribution in [-0.2, 0) is 6.54 Å². The lowest BCUT2D eigenvalue weighted by Gasteiger charge is -2.34. The van der Waals surface area contributed by atoms with Gasteiger partial charge < -0.3 is 9.80 Å². The molecule has 0 amide bonds. The van der Waals surface area contributed by atoms with Crippen molar-refractivity contribution in [3.8, 4) is 0 Å². The minimum Gasteiger partial charge on any atom is -0.354 e. The third kappa shape index (κ3) is 2.63. The first-order valence-corrected chi connectivity index (χ1v) is 6.47. The molecule has 0 fully saturated rings. The van der Waals surface area contributed by atoms with Gasteiger partial charge in [-0.25, -0.2) is 0 Å². The summed E-state index contributed by atoms with van der Waals surface area (Å²) in [4.78, 5) is 4.86. The van der Waals surface area contributed by atoms with Crippen LogP contribution in [0.25, 0.3) is 0 Å². The van der Waals surface area contributed by atoms with Crippen molar-refractivity contribution in [2.75, 3.05) is 0 Å². The molecule has 1 aliphatic heterocycles. The molecule has 1 aromatic rings. The van der Waals surface area contributed by atoms with Gasteiger partial charge in [-0.05, 0) is 25.8 Å². The molecule has 0 saturated heterocycles. The zero-order chi connectivity index (χ0) is 12.3. The Bertz CT molecular complexity index is 370. The summed E-state index contributed by atoms with van der Waals surface area (Å²) < 4.78 is 0. The van der Waals surface area contributed by atoms with E-state index in [2.05, 4.69) is 73.3 Å². The molecule has 0 aromatic heterocycles. The first kappa shape index (κ1) is 12.0. The molecule has 92 valence electrons. The molecule has 17 heavy (non-hydrogen) atoms. The average molecular weight is 230 g/mol. The molecular formula is C15H22N2. The molecule has 1 aromatic carbocycles. The third-order valence-corrected chi connectivity index (χ3v) is 3.33. The second kappa shape index (κ2) is 5.26. The van der Waals surface area contributed by atoms with Gasteiger partial charge in [-0.15, -0.1) is 0 Å². The highest BCUT2D eigenvalue weighted by molar-refractivity contribution is 5.16. The lowest BCUT2D eigenvalue weighted by molar-refractivity contribution is 0.118. The Hall–Kier alpha value is -1.44. The van der Waals surface area contributed by atoms with Crippen molar-refractivity contribution in [1.82, 2.24) is 9.80 Å². The second-order valence-corrected chi connectivity index (χ2v) is 4.89. The van der Waals surface area contributed by atoms with Crippen molar-refractivity contribution in [1.29, 1.82) is 0 Å². The fraction of sp³-hybridized carbons (Fsp3) is 0.467. The largest absolute Gasteiger partial charge is 0.354 e. The van der Waals surface area contributed by atoms with Gasteiger partial charge >= 0.3 is 0 Å².